The van der Waals surface area contributed by atoms with Crippen LogP contribution in [-0.4, -0.2) is 5.84 Å². The van der Waals surface area contributed by atoms with Crippen molar-refractivity contribution in [2.45, 2.75) is 6.92 Å². The highest BCUT2D eigenvalue weighted by molar-refractivity contribution is 5.92. The van der Waals surface area contributed by atoms with Gasteiger partial charge in [-0.3, -0.25) is 0 Å². The van der Waals surface area contributed by atoms with Crippen molar-refractivity contribution in [1.29, 1.82) is 0 Å². The Morgan fingerprint density at radius 3 is 2.78 bits per heavy atom. The summed E-state index contributed by atoms with van der Waals surface area (Å²) in [6.07, 6.45) is 4.98. The van der Waals surface area contributed by atoms with Crippen molar-refractivity contribution in [3.63, 3.8) is 0 Å². The highest BCUT2D eigenvalue weighted by Crippen LogP contribution is 1.76. The Balaban J connectivity index is 3.90. The number of hydrogen-bond acceptors (Lipinski definition) is 2. The molecule has 0 aromatic rings. The summed E-state index contributed by atoms with van der Waals surface area (Å²) in [4.78, 5) is 3.86. The van der Waals surface area contributed by atoms with E-state index in [0.717, 1.165) is 0 Å². The molecule has 0 amide bonds. The molecule has 0 radical (unpaired) electrons. The number of hydrazine groups is 1. The molecular weight excluding hydrogens is 114 g/mol. The van der Waals surface area contributed by atoms with Gasteiger partial charge in [0, 0.05) is 6.20 Å². The minimum Gasteiger partial charge on any atom is -0.309 e. The van der Waals surface area contributed by atoms with E-state index in [-0.39, 0.29) is 0 Å². The first kappa shape index (κ1) is 7.91. The Morgan fingerprint density at radius 2 is 2.44 bits per heavy atom. The Kier molecular flexibility index (Phi) is 4.44. The third-order valence-corrected chi connectivity index (χ3v) is 0.704. The zero-order chi connectivity index (χ0) is 7.11. The molecule has 3 heteroatoms. The van der Waals surface area contributed by atoms with Crippen LogP contribution < -0.4 is 11.3 Å². The van der Waals surface area contributed by atoms with Gasteiger partial charge in [0.15, 0.2) is 0 Å². The van der Waals surface area contributed by atoms with E-state index >= 15 is 0 Å². The summed E-state index contributed by atoms with van der Waals surface area (Å²) in [7, 11) is 0. The summed E-state index contributed by atoms with van der Waals surface area (Å²) in [5.74, 6) is 5.60. The second kappa shape index (κ2) is 5.05. The van der Waals surface area contributed by atoms with E-state index in [1.807, 2.05) is 6.92 Å². The zero-order valence-corrected chi connectivity index (χ0v) is 5.46. The highest BCUT2D eigenvalue weighted by Gasteiger charge is 1.79. The molecule has 0 aliphatic heterocycles. The Hall–Kier alpha value is -1.09. The summed E-state index contributed by atoms with van der Waals surface area (Å²) in [6.45, 7) is 5.35. The molecular formula is C6H11N3. The van der Waals surface area contributed by atoms with Crippen molar-refractivity contribution in [2.75, 3.05) is 0 Å². The lowest BCUT2D eigenvalue weighted by atomic mass is 10.6. The molecule has 0 fully saturated rings. The van der Waals surface area contributed by atoms with Gasteiger partial charge >= 0.3 is 0 Å². The molecule has 9 heavy (non-hydrogen) atoms. The molecule has 0 heterocycles. The van der Waals surface area contributed by atoms with Gasteiger partial charge < -0.3 is 5.43 Å². The lowest BCUT2D eigenvalue weighted by molar-refractivity contribution is 1.03. The van der Waals surface area contributed by atoms with E-state index in [0.29, 0.717) is 5.84 Å². The predicted octanol–water partition coefficient (Wildman–Crippen LogP) is 0.568. The summed E-state index contributed by atoms with van der Waals surface area (Å²) in [6, 6.07) is 0. The van der Waals surface area contributed by atoms with Gasteiger partial charge in [-0.05, 0) is 13.0 Å². The fraction of sp³-hybridized carbons (Fsp3) is 0.167. The maximum Gasteiger partial charge on any atom is 0.139 e. The first-order chi connectivity index (χ1) is 4.35. The predicted molar refractivity (Wildman–Crippen MR) is 39.8 cm³/mol. The van der Waals surface area contributed by atoms with Gasteiger partial charge in [-0.15, -0.1) is 0 Å². The van der Waals surface area contributed by atoms with Crippen molar-refractivity contribution in [2.24, 2.45) is 10.8 Å². The maximum atomic E-state index is 5.04. The van der Waals surface area contributed by atoms with Gasteiger partial charge in [0.25, 0.3) is 0 Å². The van der Waals surface area contributed by atoms with Crippen LogP contribution in [0.2, 0.25) is 0 Å². The van der Waals surface area contributed by atoms with E-state index in [2.05, 4.69) is 17.0 Å². The van der Waals surface area contributed by atoms with E-state index in [1.54, 1.807) is 18.4 Å². The van der Waals surface area contributed by atoms with Crippen LogP contribution in [0.25, 0.3) is 0 Å². The largest absolute Gasteiger partial charge is 0.309 e. The standard InChI is InChI=1S/C6H11N3/c1-3-5-8-6(4-2)9-7/h3-5H,2,7H2,1H3,(H,8,9)/b5-3-. The molecule has 0 aromatic heterocycles. The van der Waals surface area contributed by atoms with Crippen molar-refractivity contribution in [1.82, 2.24) is 5.43 Å². The molecule has 0 saturated heterocycles. The number of nitrogens with one attached hydrogen (secondary N) is 1. The molecule has 0 aromatic carbocycles. The smallest absolute Gasteiger partial charge is 0.139 e. The normalized spacial score (nSPS) is 12.0. The first-order valence-electron chi connectivity index (χ1n) is 2.63. The summed E-state index contributed by atoms with van der Waals surface area (Å²) < 4.78 is 0. The Morgan fingerprint density at radius 1 is 1.78 bits per heavy atom. The molecule has 3 N–H and O–H groups in total. The van der Waals surface area contributed by atoms with Gasteiger partial charge in [-0.1, -0.05) is 12.7 Å². The van der Waals surface area contributed by atoms with Crippen LogP contribution in [0.4, 0.5) is 0 Å². The van der Waals surface area contributed by atoms with Gasteiger partial charge in [0.1, 0.15) is 5.84 Å². The van der Waals surface area contributed by atoms with Gasteiger partial charge in [-0.25, -0.2) is 10.8 Å². The molecule has 0 rings (SSSR count). The second-order valence-electron chi connectivity index (χ2n) is 1.35. The molecule has 50 valence electrons. The number of hydrogen-bond donors (Lipinski definition) is 2. The number of nitrogens with zero attached hydrogens (tertiary/aromatic N) is 1. The molecule has 0 spiro atoms. The average molecular weight is 125 g/mol. The fourth-order valence-corrected chi connectivity index (χ4v) is 0.304. The van der Waals surface area contributed by atoms with E-state index in [4.69, 9.17) is 5.84 Å². The van der Waals surface area contributed by atoms with Crippen molar-refractivity contribution >= 4 is 5.84 Å². The van der Waals surface area contributed by atoms with Crippen LogP contribution in [0.1, 0.15) is 6.92 Å². The van der Waals surface area contributed by atoms with Gasteiger partial charge in [-0.2, -0.15) is 0 Å². The molecule has 0 unspecified atom stereocenters. The van der Waals surface area contributed by atoms with Crippen LogP contribution in [0.5, 0.6) is 0 Å². The molecule has 0 aliphatic carbocycles. The van der Waals surface area contributed by atoms with Crippen molar-refractivity contribution in [3.05, 3.63) is 24.9 Å². The van der Waals surface area contributed by atoms with E-state index in [9.17, 15) is 0 Å². The summed E-state index contributed by atoms with van der Waals surface area (Å²) in [5.41, 5.74) is 2.37. The number of amidine groups is 1. The summed E-state index contributed by atoms with van der Waals surface area (Å²) in [5, 5.41) is 0. The molecule has 0 saturated carbocycles. The second-order valence-corrected chi connectivity index (χ2v) is 1.35. The third-order valence-electron chi connectivity index (χ3n) is 0.704. The van der Waals surface area contributed by atoms with Crippen LogP contribution in [0.3, 0.4) is 0 Å². The van der Waals surface area contributed by atoms with Crippen LogP contribution in [0, 0.1) is 0 Å². The molecule has 3 nitrogen and oxygen atoms in total. The van der Waals surface area contributed by atoms with Crippen LogP contribution in [-0.2, 0) is 0 Å². The van der Waals surface area contributed by atoms with Crippen LogP contribution >= 0.6 is 0 Å². The molecule has 0 atom stereocenters. The maximum absolute atomic E-state index is 5.04. The molecule has 0 aliphatic rings. The minimum absolute atomic E-state index is 0.563. The SMILES string of the molecule is C=CC(=N/C=C\C)NN. The summed E-state index contributed by atoms with van der Waals surface area (Å²) >= 11 is 0. The topological polar surface area (TPSA) is 50.4 Å². The Labute approximate surface area is 54.9 Å². The van der Waals surface area contributed by atoms with Gasteiger partial charge in [0.2, 0.25) is 0 Å². The number of nitrogens with two attached hydrogens (primary N) is 1. The quantitative estimate of drug-likeness (QED) is 0.245. The van der Waals surface area contributed by atoms with Crippen molar-refractivity contribution in [3.8, 4) is 0 Å². The number of aliphatic imine (C=N–C) groups is 1. The Bertz CT molecular complexity index is 135. The average Bonchev–Trinajstić information content (AvgIpc) is 1.91. The number of rotatable bonds is 2. The monoisotopic (exact) mass is 125 g/mol. The first-order valence-corrected chi connectivity index (χ1v) is 2.63. The van der Waals surface area contributed by atoms with Crippen LogP contribution in [0.15, 0.2) is 29.9 Å². The van der Waals surface area contributed by atoms with Crippen molar-refractivity contribution < 1.29 is 0 Å². The zero-order valence-electron chi connectivity index (χ0n) is 5.46. The van der Waals surface area contributed by atoms with E-state index < -0.39 is 0 Å². The highest BCUT2D eigenvalue weighted by atomic mass is 15.2. The van der Waals surface area contributed by atoms with E-state index in [1.165, 1.54) is 0 Å². The van der Waals surface area contributed by atoms with Gasteiger partial charge in [0.05, 0.1) is 0 Å². The fourth-order valence-electron chi connectivity index (χ4n) is 0.304. The lowest BCUT2D eigenvalue weighted by Gasteiger charge is -1.93. The molecule has 0 bridgehead atoms. The third kappa shape index (κ3) is 3.49. The minimum atomic E-state index is 0.563. The lowest BCUT2D eigenvalue weighted by Crippen LogP contribution is -2.27. The number of allylic oxidation sites excluding steroid dienone is 1.